The Hall–Kier alpha value is -2.40. The van der Waals surface area contributed by atoms with Crippen LogP contribution >= 0.6 is 0 Å². The van der Waals surface area contributed by atoms with E-state index in [2.05, 4.69) is 33.8 Å². The number of aromatic nitrogens is 1. The van der Waals surface area contributed by atoms with E-state index >= 15 is 0 Å². The number of rotatable bonds is 5. The third kappa shape index (κ3) is 4.04. The van der Waals surface area contributed by atoms with Gasteiger partial charge in [-0.3, -0.25) is 14.7 Å². The number of benzene rings is 1. The largest absolute Gasteiger partial charge is 0.497 e. The molecule has 2 bridgehead atoms. The molecule has 3 aliphatic heterocycles. The van der Waals surface area contributed by atoms with Gasteiger partial charge in [0, 0.05) is 49.7 Å². The average Bonchev–Trinajstić information content (AvgIpc) is 3.04. The quantitative estimate of drug-likeness (QED) is 0.799. The summed E-state index contributed by atoms with van der Waals surface area (Å²) < 4.78 is 5.26. The van der Waals surface area contributed by atoms with Crippen molar-refractivity contribution in [3.8, 4) is 5.75 Å². The number of nitrogens with zero attached hydrogens (tertiary/aromatic N) is 3. The van der Waals surface area contributed by atoms with Gasteiger partial charge in [-0.2, -0.15) is 0 Å². The number of hydrogen-bond donors (Lipinski definition) is 0. The summed E-state index contributed by atoms with van der Waals surface area (Å²) in [6.45, 7) is 5.87. The Kier molecular flexibility index (Phi) is 5.62. The maximum atomic E-state index is 13.2. The molecule has 2 atom stereocenters. The van der Waals surface area contributed by atoms with Gasteiger partial charge in [-0.25, -0.2) is 0 Å². The van der Waals surface area contributed by atoms with Gasteiger partial charge in [-0.05, 0) is 55.0 Å². The van der Waals surface area contributed by atoms with Gasteiger partial charge >= 0.3 is 0 Å². The van der Waals surface area contributed by atoms with Gasteiger partial charge in [-0.1, -0.05) is 19.1 Å². The molecule has 5 heteroatoms. The zero-order valence-corrected chi connectivity index (χ0v) is 16.8. The van der Waals surface area contributed by atoms with Crippen molar-refractivity contribution in [2.24, 2.45) is 5.92 Å². The number of amides is 1. The van der Waals surface area contributed by atoms with Crippen LogP contribution in [0.2, 0.25) is 0 Å². The smallest absolute Gasteiger partial charge is 0.254 e. The Balaban J connectivity index is 1.47. The second-order valence-electron chi connectivity index (χ2n) is 7.99. The predicted octanol–water partition coefficient (Wildman–Crippen LogP) is 3.39. The van der Waals surface area contributed by atoms with Gasteiger partial charge in [0.05, 0.1) is 7.11 Å². The van der Waals surface area contributed by atoms with Gasteiger partial charge in [0.25, 0.3) is 5.91 Å². The van der Waals surface area contributed by atoms with Crippen molar-refractivity contribution in [1.29, 1.82) is 0 Å². The topological polar surface area (TPSA) is 45.7 Å². The lowest BCUT2D eigenvalue weighted by atomic mass is 9.94. The highest BCUT2D eigenvalue weighted by Gasteiger charge is 2.37. The molecule has 28 heavy (non-hydrogen) atoms. The number of carbonyl (C=O) groups excluding carboxylic acids is 1. The summed E-state index contributed by atoms with van der Waals surface area (Å²) in [5, 5.41) is 0. The molecule has 1 aromatic carbocycles. The molecular formula is C23H29N3O2. The Bertz CT molecular complexity index is 821. The van der Waals surface area contributed by atoms with Crippen molar-refractivity contribution in [1.82, 2.24) is 14.8 Å². The molecule has 0 N–H and O–H groups in total. The second kappa shape index (κ2) is 8.31. The minimum absolute atomic E-state index is 0.165. The molecule has 0 aliphatic carbocycles. The Morgan fingerprint density at radius 1 is 1.14 bits per heavy atom. The number of ether oxygens (including phenoxy) is 1. The lowest BCUT2D eigenvalue weighted by Gasteiger charge is -2.36. The molecule has 3 fully saturated rings. The van der Waals surface area contributed by atoms with Gasteiger partial charge in [-0.15, -0.1) is 0 Å². The molecule has 1 amide bonds. The third-order valence-corrected chi connectivity index (χ3v) is 6.04. The zero-order chi connectivity index (χ0) is 19.5. The highest BCUT2D eigenvalue weighted by Crippen LogP contribution is 2.30. The van der Waals surface area contributed by atoms with Gasteiger partial charge in [0.2, 0.25) is 0 Å². The predicted molar refractivity (Wildman–Crippen MR) is 109 cm³/mol. The van der Waals surface area contributed by atoms with Crippen LogP contribution in [-0.2, 0) is 13.0 Å². The molecule has 148 valence electrons. The first-order valence-corrected chi connectivity index (χ1v) is 10.3. The summed E-state index contributed by atoms with van der Waals surface area (Å²) in [6.07, 6.45) is 4.92. The van der Waals surface area contributed by atoms with E-state index < -0.39 is 0 Å². The number of aryl methyl sites for hydroxylation is 1. The van der Waals surface area contributed by atoms with E-state index in [0.29, 0.717) is 12.0 Å². The molecule has 5 rings (SSSR count). The van der Waals surface area contributed by atoms with E-state index in [0.717, 1.165) is 56.0 Å². The maximum absolute atomic E-state index is 13.2. The molecule has 0 radical (unpaired) electrons. The first-order chi connectivity index (χ1) is 13.7. The van der Waals surface area contributed by atoms with Gasteiger partial charge in [0.1, 0.15) is 5.75 Å². The average molecular weight is 380 g/mol. The molecule has 3 saturated heterocycles. The SMILES string of the molecule is CCc1cc(C(=O)N2C[C@@H]3CC[C@H]2CN(Cc2ccc(OC)cc2)C3)ccn1. The van der Waals surface area contributed by atoms with Crippen LogP contribution in [0, 0.1) is 5.92 Å². The van der Waals surface area contributed by atoms with Gasteiger partial charge < -0.3 is 9.64 Å². The Labute approximate surface area is 167 Å². The normalized spacial score (nSPS) is 22.1. The molecule has 0 saturated carbocycles. The van der Waals surface area contributed by atoms with E-state index in [4.69, 9.17) is 4.74 Å². The molecule has 2 aromatic rings. The standard InChI is InChI=1S/C23H29N3O2/c1-3-20-12-19(10-11-24-20)23(27)26-15-18-4-7-21(26)16-25(14-18)13-17-5-8-22(28-2)9-6-17/h5-6,8-12,18,21H,3-4,7,13-16H2,1-2H3/t18-,21+/m1/s1. The summed E-state index contributed by atoms with van der Waals surface area (Å²) in [4.78, 5) is 22.2. The number of carbonyl (C=O) groups is 1. The third-order valence-electron chi connectivity index (χ3n) is 6.04. The van der Waals surface area contributed by atoms with Crippen LogP contribution in [0.3, 0.4) is 0 Å². The number of hydrogen-bond acceptors (Lipinski definition) is 4. The van der Waals surface area contributed by atoms with E-state index in [1.54, 1.807) is 13.3 Å². The van der Waals surface area contributed by atoms with Gasteiger partial charge in [0.15, 0.2) is 0 Å². The minimum Gasteiger partial charge on any atom is -0.497 e. The van der Waals surface area contributed by atoms with Crippen LogP contribution in [-0.4, -0.2) is 53.5 Å². The fraction of sp³-hybridized carbons (Fsp3) is 0.478. The monoisotopic (exact) mass is 379 g/mol. The van der Waals surface area contributed by atoms with Crippen molar-refractivity contribution in [3.05, 3.63) is 59.4 Å². The van der Waals surface area contributed by atoms with Crippen LogP contribution in [0.1, 0.15) is 41.4 Å². The second-order valence-corrected chi connectivity index (χ2v) is 7.99. The van der Waals surface area contributed by atoms with E-state index in [9.17, 15) is 4.79 Å². The van der Waals surface area contributed by atoms with Crippen molar-refractivity contribution in [3.63, 3.8) is 0 Å². The molecular weight excluding hydrogens is 350 g/mol. The molecule has 0 unspecified atom stereocenters. The van der Waals surface area contributed by atoms with Crippen LogP contribution in [0.5, 0.6) is 5.75 Å². The lowest BCUT2D eigenvalue weighted by Crippen LogP contribution is -2.47. The number of fused-ring (bicyclic) bond motifs is 4. The summed E-state index contributed by atoms with van der Waals surface area (Å²) in [5.74, 6) is 1.60. The van der Waals surface area contributed by atoms with Crippen molar-refractivity contribution >= 4 is 5.91 Å². The maximum Gasteiger partial charge on any atom is 0.254 e. The minimum atomic E-state index is 0.165. The highest BCUT2D eigenvalue weighted by atomic mass is 16.5. The fourth-order valence-electron chi connectivity index (χ4n) is 4.52. The van der Waals surface area contributed by atoms with Crippen molar-refractivity contribution in [2.45, 2.75) is 38.8 Å². The Morgan fingerprint density at radius 3 is 2.71 bits per heavy atom. The van der Waals surface area contributed by atoms with Crippen LogP contribution in [0.15, 0.2) is 42.6 Å². The lowest BCUT2D eigenvalue weighted by molar-refractivity contribution is 0.0584. The Morgan fingerprint density at radius 2 is 1.96 bits per heavy atom. The number of pyridine rings is 1. The summed E-state index contributed by atoms with van der Waals surface area (Å²) in [7, 11) is 1.69. The molecule has 3 aliphatic rings. The van der Waals surface area contributed by atoms with Crippen LogP contribution < -0.4 is 4.74 Å². The summed E-state index contributed by atoms with van der Waals surface area (Å²) in [6, 6.07) is 12.4. The highest BCUT2D eigenvalue weighted by molar-refractivity contribution is 5.94. The van der Waals surface area contributed by atoms with Crippen LogP contribution in [0.25, 0.3) is 0 Å². The molecule has 0 spiro atoms. The molecule has 5 nitrogen and oxygen atoms in total. The summed E-state index contributed by atoms with van der Waals surface area (Å²) in [5.41, 5.74) is 3.05. The van der Waals surface area contributed by atoms with E-state index in [-0.39, 0.29) is 5.91 Å². The number of piperidine rings is 1. The first-order valence-electron chi connectivity index (χ1n) is 10.3. The number of methoxy groups -OCH3 is 1. The summed E-state index contributed by atoms with van der Waals surface area (Å²) >= 11 is 0. The zero-order valence-electron chi connectivity index (χ0n) is 16.8. The van der Waals surface area contributed by atoms with Crippen molar-refractivity contribution < 1.29 is 9.53 Å². The van der Waals surface area contributed by atoms with Crippen molar-refractivity contribution in [2.75, 3.05) is 26.7 Å². The fourth-order valence-corrected chi connectivity index (χ4v) is 4.52. The van der Waals surface area contributed by atoms with Crippen LogP contribution in [0.4, 0.5) is 0 Å². The van der Waals surface area contributed by atoms with E-state index in [1.807, 2.05) is 24.3 Å². The molecule has 1 aromatic heterocycles. The molecule has 4 heterocycles. The first kappa shape index (κ1) is 18.9. The van der Waals surface area contributed by atoms with E-state index in [1.165, 1.54) is 12.0 Å².